The van der Waals surface area contributed by atoms with Crippen LogP contribution in [0.25, 0.3) is 0 Å². The van der Waals surface area contributed by atoms with Crippen LogP contribution in [0.3, 0.4) is 0 Å². The number of hydrogen-bond acceptors (Lipinski definition) is 5. The van der Waals surface area contributed by atoms with Gasteiger partial charge in [-0.25, -0.2) is 0 Å². The molecule has 10 heteroatoms. The molecule has 0 saturated carbocycles. The first-order valence-electron chi connectivity index (χ1n) is 9.61. The van der Waals surface area contributed by atoms with Crippen molar-refractivity contribution in [2.45, 2.75) is 63.8 Å². The van der Waals surface area contributed by atoms with Crippen molar-refractivity contribution in [3.63, 3.8) is 0 Å². The largest absolute Gasteiger partial charge is 0.416 e. The van der Waals surface area contributed by atoms with E-state index in [0.717, 1.165) is 12.1 Å². The maximum Gasteiger partial charge on any atom is 0.416 e. The zero-order chi connectivity index (χ0) is 22.5. The zero-order valence-corrected chi connectivity index (χ0v) is 17.4. The fourth-order valence-corrected chi connectivity index (χ4v) is 2.81. The average Bonchev–Trinajstić information content (AvgIpc) is 2.66. The van der Waals surface area contributed by atoms with Gasteiger partial charge in [0.15, 0.2) is 6.35 Å². The molecule has 168 valence electrons. The number of benzene rings is 1. The van der Waals surface area contributed by atoms with E-state index < -0.39 is 36.1 Å². The first kappa shape index (κ1) is 24.1. The number of carbonyl (C=O) groups is 2. The highest BCUT2D eigenvalue weighted by atomic mass is 19.4. The Balaban J connectivity index is 1.91. The molecule has 1 aliphatic rings. The van der Waals surface area contributed by atoms with Crippen LogP contribution < -0.4 is 16.0 Å². The van der Waals surface area contributed by atoms with Crippen molar-refractivity contribution in [1.82, 2.24) is 16.0 Å². The molecule has 7 nitrogen and oxygen atoms in total. The normalized spacial score (nSPS) is 21.1. The second kappa shape index (κ2) is 9.76. The molecule has 3 unspecified atom stereocenters. The third-order valence-electron chi connectivity index (χ3n) is 4.99. The number of amides is 2. The number of hydrogen-bond donors (Lipinski definition) is 3. The van der Waals surface area contributed by atoms with E-state index in [4.69, 9.17) is 9.47 Å². The molecule has 0 bridgehead atoms. The van der Waals surface area contributed by atoms with Crippen molar-refractivity contribution in [3.8, 4) is 0 Å². The number of halogens is 3. The second-order valence-corrected chi connectivity index (χ2v) is 7.81. The molecule has 0 spiro atoms. The lowest BCUT2D eigenvalue weighted by atomic mass is 10.0. The summed E-state index contributed by atoms with van der Waals surface area (Å²) >= 11 is 0. The summed E-state index contributed by atoms with van der Waals surface area (Å²) in [5.74, 6) is -0.782. The van der Waals surface area contributed by atoms with Crippen LogP contribution in [0.4, 0.5) is 13.2 Å². The Morgan fingerprint density at radius 3 is 2.47 bits per heavy atom. The third-order valence-corrected chi connectivity index (χ3v) is 4.99. The molecule has 1 heterocycles. The van der Waals surface area contributed by atoms with E-state index in [1.54, 1.807) is 14.0 Å². The molecule has 30 heavy (non-hydrogen) atoms. The molecule has 1 aromatic carbocycles. The number of ether oxygens (including phenoxy) is 2. The van der Waals surface area contributed by atoms with Crippen LogP contribution in [0.1, 0.15) is 50.8 Å². The van der Waals surface area contributed by atoms with Crippen molar-refractivity contribution >= 4 is 11.8 Å². The lowest BCUT2D eigenvalue weighted by molar-refractivity contribution is -0.140. The highest BCUT2D eigenvalue weighted by molar-refractivity contribution is 5.89. The summed E-state index contributed by atoms with van der Waals surface area (Å²) in [7, 11) is 1.60. The number of methoxy groups -OCH3 is 1. The smallest absolute Gasteiger partial charge is 0.379 e. The molecule has 0 aliphatic carbocycles. The highest BCUT2D eigenvalue weighted by Gasteiger charge is 2.33. The van der Waals surface area contributed by atoms with E-state index in [1.807, 2.05) is 13.8 Å². The molecule has 2 rings (SSSR count). The highest BCUT2D eigenvalue weighted by Crippen LogP contribution is 2.29. The summed E-state index contributed by atoms with van der Waals surface area (Å²) in [5.41, 5.74) is -0.620. The predicted octanol–water partition coefficient (Wildman–Crippen LogP) is 2.48. The molecule has 0 aromatic heterocycles. The zero-order valence-electron chi connectivity index (χ0n) is 17.4. The van der Waals surface area contributed by atoms with Gasteiger partial charge in [-0.1, -0.05) is 12.1 Å². The number of alkyl halides is 3. The number of rotatable bonds is 8. The van der Waals surface area contributed by atoms with Gasteiger partial charge in [-0.05, 0) is 44.9 Å². The first-order chi connectivity index (χ1) is 13.9. The Kier molecular flexibility index (Phi) is 7.84. The summed E-state index contributed by atoms with van der Waals surface area (Å²) in [6.45, 7) is 5.77. The summed E-state index contributed by atoms with van der Waals surface area (Å²) in [4.78, 5) is 24.5. The summed E-state index contributed by atoms with van der Waals surface area (Å²) < 4.78 is 49.0. The Morgan fingerprint density at radius 1 is 1.27 bits per heavy atom. The Labute approximate surface area is 173 Å². The molecule has 3 N–H and O–H groups in total. The molecule has 2 amide bonds. The molecule has 1 saturated heterocycles. The van der Waals surface area contributed by atoms with E-state index in [1.165, 1.54) is 12.1 Å². The quantitative estimate of drug-likeness (QED) is 0.589. The fraction of sp³-hybridized carbons (Fsp3) is 0.600. The van der Waals surface area contributed by atoms with Crippen LogP contribution in [0.15, 0.2) is 24.3 Å². The summed E-state index contributed by atoms with van der Waals surface area (Å²) in [5, 5.41) is 8.25. The summed E-state index contributed by atoms with van der Waals surface area (Å²) in [6.07, 6.45) is -4.73. The van der Waals surface area contributed by atoms with Crippen molar-refractivity contribution in [2.75, 3.05) is 13.7 Å². The monoisotopic (exact) mass is 431 g/mol. The maximum atomic E-state index is 12.7. The van der Waals surface area contributed by atoms with E-state index in [9.17, 15) is 22.8 Å². The second-order valence-electron chi connectivity index (χ2n) is 7.81. The molecule has 1 fully saturated rings. The van der Waals surface area contributed by atoms with E-state index in [-0.39, 0.29) is 17.9 Å². The molecule has 3 atom stereocenters. The van der Waals surface area contributed by atoms with E-state index in [2.05, 4.69) is 16.0 Å². The van der Waals surface area contributed by atoms with Gasteiger partial charge in [0.25, 0.3) is 0 Å². The van der Waals surface area contributed by atoms with Gasteiger partial charge in [0, 0.05) is 7.11 Å². The summed E-state index contributed by atoms with van der Waals surface area (Å²) in [6, 6.07) is 3.21. The Hall–Kier alpha value is -2.17. The SMILES string of the molecule is COC(C)(C)CCOC1NC(=O)CC(C(=O)NC(C)c2ccc(C(F)(F)F)cc2)N1. The molecule has 1 aliphatic heterocycles. The fourth-order valence-electron chi connectivity index (χ4n) is 2.81. The molecule has 1 aromatic rings. The van der Waals surface area contributed by atoms with Crippen molar-refractivity contribution in [3.05, 3.63) is 35.4 Å². The topological polar surface area (TPSA) is 88.7 Å². The maximum absolute atomic E-state index is 12.7. The van der Waals surface area contributed by atoms with Crippen molar-refractivity contribution < 1.29 is 32.2 Å². The standard InChI is InChI=1S/C20H28F3N3O4/c1-12(13-5-7-14(8-6-13)20(21,22)23)24-17(28)15-11-16(27)26-18(25-15)30-10-9-19(2,3)29-4/h5-8,12,15,18,25H,9-11H2,1-4H3,(H,24,28)(H,26,27). The van der Waals surface area contributed by atoms with Gasteiger partial charge in [-0.2, -0.15) is 13.2 Å². The van der Waals surface area contributed by atoms with E-state index >= 15 is 0 Å². The van der Waals surface area contributed by atoms with Crippen LogP contribution in [0.5, 0.6) is 0 Å². The average molecular weight is 431 g/mol. The predicted molar refractivity (Wildman–Crippen MR) is 103 cm³/mol. The Morgan fingerprint density at radius 2 is 1.90 bits per heavy atom. The van der Waals surface area contributed by atoms with Crippen LogP contribution in [0, 0.1) is 0 Å². The lowest BCUT2D eigenvalue weighted by Crippen LogP contribution is -2.61. The van der Waals surface area contributed by atoms with Crippen LogP contribution >= 0.6 is 0 Å². The minimum Gasteiger partial charge on any atom is -0.379 e. The van der Waals surface area contributed by atoms with Crippen LogP contribution in [-0.2, 0) is 25.2 Å². The lowest BCUT2D eigenvalue weighted by Gasteiger charge is -2.32. The van der Waals surface area contributed by atoms with Crippen molar-refractivity contribution in [2.24, 2.45) is 0 Å². The number of nitrogens with one attached hydrogen (secondary N) is 3. The van der Waals surface area contributed by atoms with Gasteiger partial charge in [-0.15, -0.1) is 0 Å². The Bertz CT molecular complexity index is 738. The van der Waals surface area contributed by atoms with Gasteiger partial charge < -0.3 is 20.1 Å². The van der Waals surface area contributed by atoms with Gasteiger partial charge in [0.05, 0.1) is 36.3 Å². The number of carbonyl (C=O) groups excluding carboxylic acids is 2. The van der Waals surface area contributed by atoms with Gasteiger partial charge >= 0.3 is 6.18 Å². The molecular formula is C20H28F3N3O4. The van der Waals surface area contributed by atoms with Crippen molar-refractivity contribution in [1.29, 1.82) is 0 Å². The first-order valence-corrected chi connectivity index (χ1v) is 9.61. The van der Waals surface area contributed by atoms with Gasteiger partial charge in [0.2, 0.25) is 11.8 Å². The minimum atomic E-state index is -4.42. The van der Waals surface area contributed by atoms with E-state index in [0.29, 0.717) is 18.6 Å². The minimum absolute atomic E-state index is 0.0744. The van der Waals surface area contributed by atoms with Crippen LogP contribution in [0.2, 0.25) is 0 Å². The van der Waals surface area contributed by atoms with Crippen LogP contribution in [-0.4, -0.2) is 43.5 Å². The third kappa shape index (κ3) is 6.96. The molecular weight excluding hydrogens is 403 g/mol. The van der Waals surface area contributed by atoms with Gasteiger partial charge in [0.1, 0.15) is 0 Å². The van der Waals surface area contributed by atoms with Gasteiger partial charge in [-0.3, -0.25) is 14.9 Å². The molecule has 0 radical (unpaired) electrons.